The summed E-state index contributed by atoms with van der Waals surface area (Å²) in [5.41, 5.74) is 0. The van der Waals surface area contributed by atoms with Crippen LogP contribution in [0.25, 0.3) is 0 Å². The molecule has 3 fully saturated rings. The topological polar surface area (TPSA) is 15.3 Å². The van der Waals surface area contributed by atoms with Gasteiger partial charge in [-0.15, -0.1) is 0 Å². The van der Waals surface area contributed by atoms with Gasteiger partial charge in [0, 0.05) is 31.2 Å². The molecule has 0 amide bonds. The third-order valence-corrected chi connectivity index (χ3v) is 5.91. The summed E-state index contributed by atoms with van der Waals surface area (Å²) in [4.78, 5) is 2.87. The van der Waals surface area contributed by atoms with Crippen molar-refractivity contribution in [3.8, 4) is 0 Å². The van der Waals surface area contributed by atoms with Gasteiger partial charge in [0.2, 0.25) is 0 Å². The Hall–Kier alpha value is -0.0800. The molecule has 1 aliphatic heterocycles. The van der Waals surface area contributed by atoms with Gasteiger partial charge in [-0.25, -0.2) is 0 Å². The highest BCUT2D eigenvalue weighted by Crippen LogP contribution is 2.31. The zero-order valence-electron chi connectivity index (χ0n) is 12.7. The van der Waals surface area contributed by atoms with Crippen molar-refractivity contribution in [2.75, 3.05) is 13.1 Å². The molecule has 0 bridgehead atoms. The van der Waals surface area contributed by atoms with Gasteiger partial charge in [0.05, 0.1) is 0 Å². The number of rotatable bonds is 2. The number of piperazine rings is 1. The fraction of sp³-hybridized carbons (Fsp3) is 1.00. The second-order valence-corrected chi connectivity index (χ2v) is 7.25. The Bertz CT molecular complexity index is 266. The maximum atomic E-state index is 3.87. The fourth-order valence-electron chi connectivity index (χ4n) is 4.68. The largest absolute Gasteiger partial charge is 0.311 e. The van der Waals surface area contributed by atoms with Crippen LogP contribution in [0.3, 0.4) is 0 Å². The van der Waals surface area contributed by atoms with Crippen LogP contribution in [0.15, 0.2) is 0 Å². The predicted molar refractivity (Wildman–Crippen MR) is 81.4 cm³/mol. The zero-order valence-corrected chi connectivity index (χ0v) is 12.7. The molecule has 3 aliphatic rings. The molecule has 2 saturated carbocycles. The molecule has 0 aromatic carbocycles. The van der Waals surface area contributed by atoms with Crippen molar-refractivity contribution in [2.45, 2.75) is 89.3 Å². The molecule has 3 rings (SSSR count). The van der Waals surface area contributed by atoms with E-state index < -0.39 is 0 Å². The van der Waals surface area contributed by atoms with Crippen molar-refractivity contribution in [3.05, 3.63) is 0 Å². The smallest absolute Gasteiger partial charge is 0.0224 e. The number of nitrogens with one attached hydrogen (secondary N) is 1. The molecule has 2 atom stereocenters. The summed E-state index contributed by atoms with van der Waals surface area (Å²) in [7, 11) is 0. The Balaban J connectivity index is 1.59. The molecule has 2 aliphatic carbocycles. The molecule has 2 nitrogen and oxygen atoms in total. The second-order valence-electron chi connectivity index (χ2n) is 7.25. The van der Waals surface area contributed by atoms with Gasteiger partial charge < -0.3 is 5.32 Å². The Morgan fingerprint density at radius 2 is 1.47 bits per heavy atom. The SMILES string of the molecule is CC1CNC(C2CCCCC2)CN1C1CCCCC1. The van der Waals surface area contributed by atoms with Gasteiger partial charge in [-0.05, 0) is 38.5 Å². The van der Waals surface area contributed by atoms with E-state index >= 15 is 0 Å². The van der Waals surface area contributed by atoms with E-state index in [0.29, 0.717) is 0 Å². The zero-order chi connectivity index (χ0) is 13.1. The molecule has 19 heavy (non-hydrogen) atoms. The summed E-state index contributed by atoms with van der Waals surface area (Å²) < 4.78 is 0. The van der Waals surface area contributed by atoms with Crippen molar-refractivity contribution in [3.63, 3.8) is 0 Å². The van der Waals surface area contributed by atoms with Gasteiger partial charge >= 0.3 is 0 Å². The van der Waals surface area contributed by atoms with E-state index in [1.54, 1.807) is 0 Å². The van der Waals surface area contributed by atoms with E-state index in [9.17, 15) is 0 Å². The molecule has 110 valence electrons. The van der Waals surface area contributed by atoms with Crippen molar-refractivity contribution >= 4 is 0 Å². The molecule has 0 aromatic rings. The summed E-state index contributed by atoms with van der Waals surface area (Å²) in [6.07, 6.45) is 14.7. The number of nitrogens with zero attached hydrogens (tertiary/aromatic N) is 1. The minimum Gasteiger partial charge on any atom is -0.311 e. The van der Waals surface area contributed by atoms with E-state index in [4.69, 9.17) is 0 Å². The minimum absolute atomic E-state index is 0.753. The first kappa shape index (κ1) is 13.9. The lowest BCUT2D eigenvalue weighted by atomic mass is 9.82. The molecule has 1 N–H and O–H groups in total. The lowest BCUT2D eigenvalue weighted by Crippen LogP contribution is -2.60. The van der Waals surface area contributed by atoms with Crippen molar-refractivity contribution in [2.24, 2.45) is 5.92 Å². The first-order valence-electron chi connectivity index (χ1n) is 8.84. The quantitative estimate of drug-likeness (QED) is 0.820. The molecule has 2 unspecified atom stereocenters. The van der Waals surface area contributed by atoms with E-state index in [0.717, 1.165) is 24.0 Å². The van der Waals surface area contributed by atoms with Crippen LogP contribution >= 0.6 is 0 Å². The van der Waals surface area contributed by atoms with Gasteiger partial charge in [-0.2, -0.15) is 0 Å². The van der Waals surface area contributed by atoms with E-state index in [1.807, 2.05) is 0 Å². The maximum Gasteiger partial charge on any atom is 0.0224 e. The van der Waals surface area contributed by atoms with Gasteiger partial charge in [0.25, 0.3) is 0 Å². The van der Waals surface area contributed by atoms with Gasteiger partial charge in [0.1, 0.15) is 0 Å². The van der Waals surface area contributed by atoms with Crippen LogP contribution in [-0.4, -0.2) is 36.1 Å². The summed E-state index contributed by atoms with van der Waals surface area (Å²) in [5.74, 6) is 0.965. The van der Waals surface area contributed by atoms with Crippen LogP contribution in [0.2, 0.25) is 0 Å². The average molecular weight is 264 g/mol. The first-order valence-corrected chi connectivity index (χ1v) is 8.84. The summed E-state index contributed by atoms with van der Waals surface area (Å²) in [6, 6.07) is 2.44. The van der Waals surface area contributed by atoms with Crippen LogP contribution in [0, 0.1) is 5.92 Å². The molecule has 2 heteroatoms. The maximum absolute atomic E-state index is 3.87. The van der Waals surface area contributed by atoms with Crippen LogP contribution in [-0.2, 0) is 0 Å². The number of hydrogen-bond acceptors (Lipinski definition) is 2. The Morgan fingerprint density at radius 3 is 2.16 bits per heavy atom. The highest BCUT2D eigenvalue weighted by Gasteiger charge is 2.34. The van der Waals surface area contributed by atoms with E-state index in [-0.39, 0.29) is 0 Å². The molecule has 1 heterocycles. The minimum atomic E-state index is 0.753. The Kier molecular flexibility index (Phi) is 4.81. The monoisotopic (exact) mass is 264 g/mol. The normalized spacial score (nSPS) is 36.5. The standard InChI is InChI=1S/C17H32N2/c1-14-12-18-17(15-8-4-2-5-9-15)13-19(14)16-10-6-3-7-11-16/h14-18H,2-13H2,1H3. The van der Waals surface area contributed by atoms with Crippen molar-refractivity contribution < 1.29 is 0 Å². The van der Waals surface area contributed by atoms with Crippen molar-refractivity contribution in [1.29, 1.82) is 0 Å². The fourth-order valence-corrected chi connectivity index (χ4v) is 4.68. The van der Waals surface area contributed by atoms with Crippen LogP contribution < -0.4 is 5.32 Å². The van der Waals surface area contributed by atoms with Gasteiger partial charge in [-0.1, -0.05) is 38.5 Å². The van der Waals surface area contributed by atoms with E-state index in [2.05, 4.69) is 17.1 Å². The first-order chi connectivity index (χ1) is 9.34. The lowest BCUT2D eigenvalue weighted by Gasteiger charge is -2.47. The third kappa shape index (κ3) is 3.33. The van der Waals surface area contributed by atoms with E-state index in [1.165, 1.54) is 77.3 Å². The van der Waals surface area contributed by atoms with Gasteiger partial charge in [-0.3, -0.25) is 4.90 Å². The predicted octanol–water partition coefficient (Wildman–Crippen LogP) is 3.56. The highest BCUT2D eigenvalue weighted by atomic mass is 15.3. The van der Waals surface area contributed by atoms with Crippen LogP contribution in [0.5, 0.6) is 0 Å². The summed E-state index contributed by atoms with van der Waals surface area (Å²) in [6.45, 7) is 4.98. The molecular formula is C17H32N2. The average Bonchev–Trinajstić information content (AvgIpc) is 2.49. The molecule has 1 saturated heterocycles. The summed E-state index contributed by atoms with van der Waals surface area (Å²) >= 11 is 0. The highest BCUT2D eigenvalue weighted by molar-refractivity contribution is 4.92. The summed E-state index contributed by atoms with van der Waals surface area (Å²) in [5, 5.41) is 3.87. The molecule has 0 aromatic heterocycles. The number of hydrogen-bond donors (Lipinski definition) is 1. The van der Waals surface area contributed by atoms with Gasteiger partial charge in [0.15, 0.2) is 0 Å². The Labute approximate surface area is 119 Å². The molecule has 0 radical (unpaired) electrons. The molecular weight excluding hydrogens is 232 g/mol. The third-order valence-electron chi connectivity index (χ3n) is 5.91. The lowest BCUT2D eigenvalue weighted by molar-refractivity contribution is 0.0499. The van der Waals surface area contributed by atoms with Crippen molar-refractivity contribution in [1.82, 2.24) is 10.2 Å². The Morgan fingerprint density at radius 1 is 0.842 bits per heavy atom. The van der Waals surface area contributed by atoms with Crippen LogP contribution in [0.4, 0.5) is 0 Å². The molecule has 0 spiro atoms. The second kappa shape index (κ2) is 6.58. The van der Waals surface area contributed by atoms with Crippen LogP contribution in [0.1, 0.15) is 71.1 Å².